The minimum Gasteiger partial charge on any atom is -0.325 e. The molecule has 6 heteroatoms. The number of benzene rings is 3. The first-order valence-corrected chi connectivity index (χ1v) is 12.4. The van der Waals surface area contributed by atoms with Crippen LogP contribution in [-0.4, -0.2) is 23.3 Å². The van der Waals surface area contributed by atoms with Crippen molar-refractivity contribution in [3.8, 4) is 0 Å². The van der Waals surface area contributed by atoms with Gasteiger partial charge in [-0.2, -0.15) is 0 Å². The van der Waals surface area contributed by atoms with Gasteiger partial charge in [-0.3, -0.25) is 9.59 Å². The van der Waals surface area contributed by atoms with E-state index in [2.05, 4.69) is 19.2 Å². The quantitative estimate of drug-likeness (QED) is 0.418. The summed E-state index contributed by atoms with van der Waals surface area (Å²) in [5.41, 5.74) is 2.06. The maximum atomic E-state index is 13.0. The Morgan fingerprint density at radius 3 is 2.21 bits per heavy atom. The van der Waals surface area contributed by atoms with Gasteiger partial charge in [0.25, 0.3) is 5.91 Å². The Bertz CT molecular complexity index is 1050. The number of hydrogen-bond donors (Lipinski definition) is 1. The molecule has 0 bridgehead atoms. The number of carbonyl (C=O) groups excluding carboxylic acids is 2. The fourth-order valence-corrected chi connectivity index (χ4v) is 4.14. The summed E-state index contributed by atoms with van der Waals surface area (Å²) in [5.74, 6) is -0.346. The number of anilines is 1. The van der Waals surface area contributed by atoms with E-state index in [1.807, 2.05) is 62.4 Å². The lowest BCUT2D eigenvalue weighted by molar-refractivity contribution is -0.116. The van der Waals surface area contributed by atoms with Crippen LogP contribution < -0.4 is 5.32 Å². The average molecular weight is 483 g/mol. The molecule has 0 saturated carbocycles. The molecular formula is C27H31ClN2O2S. The summed E-state index contributed by atoms with van der Waals surface area (Å²) >= 11 is 7.58. The van der Waals surface area contributed by atoms with Crippen molar-refractivity contribution < 1.29 is 9.59 Å². The number of amides is 2. The maximum Gasteiger partial charge on any atom is 0.256 e. The predicted octanol–water partition coefficient (Wildman–Crippen LogP) is 7.53. The summed E-state index contributed by atoms with van der Waals surface area (Å²) < 4.78 is 0. The van der Waals surface area contributed by atoms with Crippen LogP contribution in [0.3, 0.4) is 0 Å². The van der Waals surface area contributed by atoms with Gasteiger partial charge in [-0.05, 0) is 48.0 Å². The SMILES string of the molecule is CC.CCC.O=C1CN(Cc2ccccc2Sc2ccc(Cl)cc2)C(=O)c2ccccc2N1. The van der Waals surface area contributed by atoms with Crippen molar-refractivity contribution in [1.29, 1.82) is 0 Å². The third-order valence-electron chi connectivity index (χ3n) is 4.43. The van der Waals surface area contributed by atoms with Crippen LogP contribution in [0.4, 0.5) is 5.69 Å². The third kappa shape index (κ3) is 7.65. The van der Waals surface area contributed by atoms with Crippen molar-refractivity contribution in [2.45, 2.75) is 50.5 Å². The fourth-order valence-electron chi connectivity index (χ4n) is 3.08. The summed E-state index contributed by atoms with van der Waals surface area (Å²) in [6.45, 7) is 8.63. The summed E-state index contributed by atoms with van der Waals surface area (Å²) in [5, 5.41) is 3.50. The van der Waals surface area contributed by atoms with Crippen molar-refractivity contribution in [2.24, 2.45) is 0 Å². The molecule has 0 atom stereocenters. The molecule has 33 heavy (non-hydrogen) atoms. The van der Waals surface area contributed by atoms with E-state index in [9.17, 15) is 9.59 Å². The minimum atomic E-state index is -0.193. The van der Waals surface area contributed by atoms with Crippen LogP contribution in [0, 0.1) is 0 Å². The van der Waals surface area contributed by atoms with Gasteiger partial charge in [0.05, 0.1) is 11.3 Å². The lowest BCUT2D eigenvalue weighted by atomic mass is 10.1. The molecule has 1 N–H and O–H groups in total. The summed E-state index contributed by atoms with van der Waals surface area (Å²) in [7, 11) is 0. The molecule has 0 aliphatic carbocycles. The lowest BCUT2D eigenvalue weighted by Gasteiger charge is -2.21. The van der Waals surface area contributed by atoms with Gasteiger partial charge in [0.15, 0.2) is 0 Å². The molecular weight excluding hydrogens is 452 g/mol. The van der Waals surface area contributed by atoms with Crippen molar-refractivity contribution in [3.63, 3.8) is 0 Å². The standard InChI is InChI=1S/C22H17ClN2O2S.C3H8.C2H6/c23-16-9-11-17(12-10-16)28-20-8-4-1-5-15(20)13-25-14-21(26)24-19-7-3-2-6-18(19)22(25)27;1-3-2;1-2/h1-12H,13-14H2,(H,24,26);3H2,1-2H3;1-2H3. The summed E-state index contributed by atoms with van der Waals surface area (Å²) in [6, 6.07) is 22.6. The highest BCUT2D eigenvalue weighted by Crippen LogP contribution is 2.32. The van der Waals surface area contributed by atoms with E-state index < -0.39 is 0 Å². The van der Waals surface area contributed by atoms with Gasteiger partial charge in [-0.15, -0.1) is 0 Å². The Hall–Kier alpha value is -2.76. The van der Waals surface area contributed by atoms with Crippen molar-refractivity contribution in [3.05, 3.63) is 88.9 Å². The highest BCUT2D eigenvalue weighted by atomic mass is 35.5. The number of rotatable bonds is 4. The molecule has 0 radical (unpaired) electrons. The molecule has 0 saturated heterocycles. The number of halogens is 1. The first kappa shape index (κ1) is 26.5. The van der Waals surface area contributed by atoms with Gasteiger partial charge in [0.2, 0.25) is 5.91 Å². The van der Waals surface area contributed by atoms with E-state index in [1.54, 1.807) is 40.9 Å². The molecule has 174 valence electrons. The molecule has 1 aliphatic rings. The number of nitrogens with one attached hydrogen (secondary N) is 1. The number of para-hydroxylation sites is 1. The van der Waals surface area contributed by atoms with Crippen LogP contribution in [0.15, 0.2) is 82.6 Å². The molecule has 4 rings (SSSR count). The topological polar surface area (TPSA) is 49.4 Å². The van der Waals surface area contributed by atoms with E-state index in [4.69, 9.17) is 11.6 Å². The van der Waals surface area contributed by atoms with E-state index in [0.717, 1.165) is 15.4 Å². The van der Waals surface area contributed by atoms with Crippen molar-refractivity contribution in [1.82, 2.24) is 4.90 Å². The van der Waals surface area contributed by atoms with Gasteiger partial charge < -0.3 is 10.2 Å². The second-order valence-corrected chi connectivity index (χ2v) is 8.68. The zero-order chi connectivity index (χ0) is 24.2. The Kier molecular flexibility index (Phi) is 11.0. The van der Waals surface area contributed by atoms with Crippen LogP contribution >= 0.6 is 23.4 Å². The third-order valence-corrected chi connectivity index (χ3v) is 5.81. The summed E-state index contributed by atoms with van der Waals surface area (Å²) in [6.07, 6.45) is 1.25. The fraction of sp³-hybridized carbons (Fsp3) is 0.259. The Morgan fingerprint density at radius 2 is 1.52 bits per heavy atom. The van der Waals surface area contributed by atoms with Crippen LogP contribution in [0.25, 0.3) is 0 Å². The Labute approximate surface area is 206 Å². The monoisotopic (exact) mass is 482 g/mol. The first-order valence-electron chi connectivity index (χ1n) is 11.2. The first-order chi connectivity index (χ1) is 16.0. The van der Waals surface area contributed by atoms with Gasteiger partial charge in [-0.25, -0.2) is 0 Å². The minimum absolute atomic E-state index is 0.0213. The van der Waals surface area contributed by atoms with Crippen molar-refractivity contribution in [2.75, 3.05) is 11.9 Å². The van der Waals surface area contributed by atoms with E-state index in [-0.39, 0.29) is 18.4 Å². The Balaban J connectivity index is 0.000000714. The molecule has 0 spiro atoms. The van der Waals surface area contributed by atoms with Gasteiger partial charge >= 0.3 is 0 Å². The van der Waals surface area contributed by atoms with E-state index in [1.165, 1.54) is 6.42 Å². The highest BCUT2D eigenvalue weighted by Gasteiger charge is 2.26. The van der Waals surface area contributed by atoms with Crippen LogP contribution in [-0.2, 0) is 11.3 Å². The number of hydrogen-bond acceptors (Lipinski definition) is 3. The van der Waals surface area contributed by atoms with Gasteiger partial charge in [0, 0.05) is 21.4 Å². The molecule has 0 unspecified atom stereocenters. The number of nitrogens with zero attached hydrogens (tertiary/aromatic N) is 1. The van der Waals surface area contributed by atoms with Crippen LogP contribution in [0.5, 0.6) is 0 Å². The predicted molar refractivity (Wildman–Crippen MR) is 139 cm³/mol. The molecule has 3 aromatic carbocycles. The van der Waals surface area contributed by atoms with Crippen LogP contribution in [0.1, 0.15) is 50.0 Å². The second-order valence-electron chi connectivity index (χ2n) is 7.13. The van der Waals surface area contributed by atoms with E-state index >= 15 is 0 Å². The zero-order valence-electron chi connectivity index (χ0n) is 19.6. The maximum absolute atomic E-state index is 13.0. The molecule has 1 heterocycles. The molecule has 0 aromatic heterocycles. The highest BCUT2D eigenvalue weighted by molar-refractivity contribution is 7.99. The van der Waals surface area contributed by atoms with Gasteiger partial charge in [-0.1, -0.05) is 87.8 Å². The largest absolute Gasteiger partial charge is 0.325 e. The normalized spacial score (nSPS) is 12.3. The summed E-state index contributed by atoms with van der Waals surface area (Å²) in [4.78, 5) is 29.0. The zero-order valence-corrected chi connectivity index (χ0v) is 21.2. The lowest BCUT2D eigenvalue weighted by Crippen LogP contribution is -2.34. The number of carbonyl (C=O) groups is 2. The molecule has 3 aromatic rings. The van der Waals surface area contributed by atoms with Crippen molar-refractivity contribution >= 4 is 40.9 Å². The van der Waals surface area contributed by atoms with Gasteiger partial charge in [0.1, 0.15) is 6.54 Å². The molecule has 4 nitrogen and oxygen atoms in total. The van der Waals surface area contributed by atoms with Crippen LogP contribution in [0.2, 0.25) is 5.02 Å². The Morgan fingerprint density at radius 1 is 0.909 bits per heavy atom. The molecule has 1 aliphatic heterocycles. The second kappa shape index (κ2) is 13.7. The number of fused-ring (bicyclic) bond motifs is 1. The average Bonchev–Trinajstić information content (AvgIpc) is 2.94. The van der Waals surface area contributed by atoms with E-state index in [0.29, 0.717) is 22.8 Å². The molecule has 0 fully saturated rings. The smallest absolute Gasteiger partial charge is 0.256 e. The molecule has 2 amide bonds.